The van der Waals surface area contributed by atoms with Crippen LogP contribution in [0.25, 0.3) is 5.69 Å². The van der Waals surface area contributed by atoms with Crippen LogP contribution in [0.5, 0.6) is 11.5 Å². The number of hydrogen-bond acceptors (Lipinski definition) is 4. The maximum atomic E-state index is 12.3. The van der Waals surface area contributed by atoms with E-state index in [4.69, 9.17) is 9.47 Å². The molecule has 0 aliphatic heterocycles. The number of nitrogens with one attached hydrogen (secondary N) is 1. The third-order valence-electron chi connectivity index (χ3n) is 4.02. The maximum Gasteiger partial charge on any atom is 0.251 e. The van der Waals surface area contributed by atoms with Gasteiger partial charge in [0.2, 0.25) is 0 Å². The van der Waals surface area contributed by atoms with Crippen LogP contribution >= 0.6 is 0 Å². The van der Waals surface area contributed by atoms with Gasteiger partial charge in [-0.05, 0) is 42.3 Å². The van der Waals surface area contributed by atoms with Gasteiger partial charge in [-0.25, -0.2) is 4.68 Å². The number of aromatic nitrogens is 2. The summed E-state index contributed by atoms with van der Waals surface area (Å²) >= 11 is 0. The summed E-state index contributed by atoms with van der Waals surface area (Å²) in [4.78, 5) is 12.3. The van der Waals surface area contributed by atoms with Crippen LogP contribution in [0, 0.1) is 0 Å². The lowest BCUT2D eigenvalue weighted by Gasteiger charge is -2.09. The molecule has 6 nitrogen and oxygen atoms in total. The molecule has 0 saturated carbocycles. The number of carbonyl (C=O) groups excluding carboxylic acids is 1. The van der Waals surface area contributed by atoms with Crippen molar-refractivity contribution in [2.75, 3.05) is 20.8 Å². The van der Waals surface area contributed by atoms with Crippen LogP contribution in [0.4, 0.5) is 0 Å². The molecule has 0 aliphatic rings. The zero-order valence-electron chi connectivity index (χ0n) is 14.8. The van der Waals surface area contributed by atoms with E-state index in [9.17, 15) is 4.79 Å². The van der Waals surface area contributed by atoms with Gasteiger partial charge in [-0.2, -0.15) is 5.10 Å². The number of ether oxygens (including phenoxy) is 2. The van der Waals surface area contributed by atoms with E-state index < -0.39 is 0 Å². The monoisotopic (exact) mass is 351 g/mol. The minimum atomic E-state index is -0.157. The van der Waals surface area contributed by atoms with Gasteiger partial charge in [-0.15, -0.1) is 0 Å². The molecular weight excluding hydrogens is 330 g/mol. The third-order valence-corrected chi connectivity index (χ3v) is 4.02. The Morgan fingerprint density at radius 1 is 1.08 bits per heavy atom. The molecule has 1 aromatic heterocycles. The first-order valence-corrected chi connectivity index (χ1v) is 8.30. The highest BCUT2D eigenvalue weighted by atomic mass is 16.5. The first-order valence-electron chi connectivity index (χ1n) is 8.30. The molecule has 1 heterocycles. The molecule has 0 unspecified atom stereocenters. The average molecular weight is 351 g/mol. The van der Waals surface area contributed by atoms with Gasteiger partial charge in [0, 0.05) is 30.6 Å². The van der Waals surface area contributed by atoms with E-state index >= 15 is 0 Å². The van der Waals surface area contributed by atoms with Crippen molar-refractivity contribution in [2.24, 2.45) is 0 Å². The van der Waals surface area contributed by atoms with Gasteiger partial charge in [0.05, 0.1) is 19.9 Å². The normalized spacial score (nSPS) is 10.4. The number of benzene rings is 2. The highest BCUT2D eigenvalue weighted by Crippen LogP contribution is 2.22. The van der Waals surface area contributed by atoms with E-state index in [2.05, 4.69) is 10.4 Å². The van der Waals surface area contributed by atoms with Crippen LogP contribution in [-0.2, 0) is 6.42 Å². The zero-order chi connectivity index (χ0) is 18.4. The molecule has 1 N–H and O–H groups in total. The molecule has 0 aliphatic carbocycles. The van der Waals surface area contributed by atoms with Crippen molar-refractivity contribution in [2.45, 2.75) is 6.42 Å². The summed E-state index contributed by atoms with van der Waals surface area (Å²) in [6.45, 7) is 0.541. The number of amides is 1. The topological polar surface area (TPSA) is 65.4 Å². The summed E-state index contributed by atoms with van der Waals surface area (Å²) in [5.74, 6) is 1.02. The highest BCUT2D eigenvalue weighted by molar-refractivity contribution is 5.95. The zero-order valence-corrected chi connectivity index (χ0v) is 14.8. The van der Waals surface area contributed by atoms with E-state index in [-0.39, 0.29) is 5.91 Å². The summed E-state index contributed by atoms with van der Waals surface area (Å²) in [6, 6.07) is 15.1. The van der Waals surface area contributed by atoms with Crippen LogP contribution in [0.15, 0.2) is 60.9 Å². The number of hydrogen-bond donors (Lipinski definition) is 1. The number of nitrogens with zero attached hydrogens (tertiary/aromatic N) is 2. The SMILES string of the molecule is COc1cc(OC)cc(C(=O)NCCc2ccc(-n3cccn3)cc2)c1. The molecule has 26 heavy (non-hydrogen) atoms. The van der Waals surface area contributed by atoms with Crippen LogP contribution in [0.3, 0.4) is 0 Å². The molecular formula is C20H21N3O3. The first-order chi connectivity index (χ1) is 12.7. The second-order valence-electron chi connectivity index (χ2n) is 5.72. The van der Waals surface area contributed by atoms with E-state index in [1.54, 1.807) is 38.6 Å². The maximum absolute atomic E-state index is 12.3. The minimum Gasteiger partial charge on any atom is -0.497 e. The van der Waals surface area contributed by atoms with E-state index in [1.807, 2.05) is 41.2 Å². The van der Waals surface area contributed by atoms with Crippen LogP contribution in [0.2, 0.25) is 0 Å². The molecule has 0 fully saturated rings. The standard InChI is InChI=1S/C20H21N3O3/c1-25-18-12-16(13-19(14-18)26-2)20(24)21-10-8-15-4-6-17(7-5-15)23-11-3-9-22-23/h3-7,9,11-14H,8,10H2,1-2H3,(H,21,24). The Hall–Kier alpha value is -3.28. The molecule has 3 aromatic rings. The van der Waals surface area contributed by atoms with Crippen LogP contribution in [-0.4, -0.2) is 36.5 Å². The van der Waals surface area contributed by atoms with Gasteiger partial charge in [0.1, 0.15) is 11.5 Å². The van der Waals surface area contributed by atoms with Crippen molar-refractivity contribution in [3.8, 4) is 17.2 Å². The number of carbonyl (C=O) groups is 1. The van der Waals surface area contributed by atoms with Crippen molar-refractivity contribution in [3.05, 3.63) is 72.1 Å². The number of rotatable bonds is 7. The Bertz CT molecular complexity index is 836. The second-order valence-corrected chi connectivity index (χ2v) is 5.72. The van der Waals surface area contributed by atoms with Crippen LogP contribution < -0.4 is 14.8 Å². The van der Waals surface area contributed by atoms with Gasteiger partial charge in [0.25, 0.3) is 5.91 Å². The Kier molecular flexibility index (Phi) is 5.53. The van der Waals surface area contributed by atoms with Crippen LogP contribution in [0.1, 0.15) is 15.9 Å². The molecule has 0 saturated heterocycles. The summed E-state index contributed by atoms with van der Waals surface area (Å²) in [5, 5.41) is 7.13. The predicted octanol–water partition coefficient (Wildman–Crippen LogP) is 2.86. The molecule has 0 atom stereocenters. The van der Waals surface area contributed by atoms with Gasteiger partial charge in [-0.1, -0.05) is 12.1 Å². The van der Waals surface area contributed by atoms with Gasteiger partial charge in [0.15, 0.2) is 0 Å². The summed E-state index contributed by atoms with van der Waals surface area (Å²) in [7, 11) is 3.12. The lowest BCUT2D eigenvalue weighted by molar-refractivity contribution is 0.0953. The Morgan fingerprint density at radius 2 is 1.77 bits per heavy atom. The first kappa shape index (κ1) is 17.5. The minimum absolute atomic E-state index is 0.157. The lowest BCUT2D eigenvalue weighted by Crippen LogP contribution is -2.25. The van der Waals surface area contributed by atoms with Crippen molar-refractivity contribution in [3.63, 3.8) is 0 Å². The third kappa shape index (κ3) is 4.22. The molecule has 0 bridgehead atoms. The van der Waals surface area contributed by atoms with Gasteiger partial charge in [-0.3, -0.25) is 4.79 Å². The number of methoxy groups -OCH3 is 2. The summed E-state index contributed by atoms with van der Waals surface area (Å²) in [6.07, 6.45) is 4.39. The second kappa shape index (κ2) is 8.20. The molecule has 2 aromatic carbocycles. The summed E-state index contributed by atoms with van der Waals surface area (Å²) in [5.41, 5.74) is 2.66. The van der Waals surface area contributed by atoms with Crippen molar-refractivity contribution in [1.29, 1.82) is 0 Å². The van der Waals surface area contributed by atoms with Gasteiger partial charge >= 0.3 is 0 Å². The molecule has 3 rings (SSSR count). The Labute approximate surface area is 152 Å². The Morgan fingerprint density at radius 3 is 2.35 bits per heavy atom. The largest absolute Gasteiger partial charge is 0.497 e. The Balaban J connectivity index is 1.57. The summed E-state index contributed by atoms with van der Waals surface area (Å²) < 4.78 is 12.2. The van der Waals surface area contributed by atoms with Crippen molar-refractivity contribution >= 4 is 5.91 Å². The molecule has 0 radical (unpaired) electrons. The van der Waals surface area contributed by atoms with E-state index in [0.717, 1.165) is 17.7 Å². The fourth-order valence-electron chi connectivity index (χ4n) is 2.60. The lowest BCUT2D eigenvalue weighted by atomic mass is 10.1. The highest BCUT2D eigenvalue weighted by Gasteiger charge is 2.09. The smallest absolute Gasteiger partial charge is 0.251 e. The molecule has 0 spiro atoms. The van der Waals surface area contributed by atoms with Crippen molar-refractivity contribution in [1.82, 2.24) is 15.1 Å². The fraction of sp³-hybridized carbons (Fsp3) is 0.200. The van der Waals surface area contributed by atoms with E-state index in [0.29, 0.717) is 23.6 Å². The molecule has 134 valence electrons. The fourth-order valence-corrected chi connectivity index (χ4v) is 2.60. The quantitative estimate of drug-likeness (QED) is 0.711. The van der Waals surface area contributed by atoms with Crippen molar-refractivity contribution < 1.29 is 14.3 Å². The molecule has 1 amide bonds. The van der Waals surface area contributed by atoms with E-state index in [1.165, 1.54) is 0 Å². The average Bonchev–Trinajstić information content (AvgIpc) is 3.22. The molecule has 6 heteroatoms. The van der Waals surface area contributed by atoms with Gasteiger partial charge < -0.3 is 14.8 Å². The predicted molar refractivity (Wildman–Crippen MR) is 99.1 cm³/mol.